The number of nitrogens with zero attached hydrogens (tertiary/aromatic N) is 2. The van der Waals surface area contributed by atoms with Gasteiger partial charge in [0.05, 0.1) is 27.7 Å². The lowest BCUT2D eigenvalue weighted by Gasteiger charge is -2.34. The molecule has 8 nitrogen and oxygen atoms in total. The predicted molar refractivity (Wildman–Crippen MR) is 178 cm³/mol. The Balaban J connectivity index is 1.80. The molecule has 0 heterocycles. The van der Waals surface area contributed by atoms with Gasteiger partial charge in [0, 0.05) is 19.5 Å². The van der Waals surface area contributed by atoms with E-state index in [2.05, 4.69) is 5.32 Å². The molecule has 0 aliphatic carbocycles. The Hall–Kier alpha value is -4.05. The molecule has 0 aromatic heterocycles. The molecule has 0 radical (unpaired) electrons. The molecule has 0 unspecified atom stereocenters. The van der Waals surface area contributed by atoms with Crippen LogP contribution in [0.2, 0.25) is 10.0 Å². The van der Waals surface area contributed by atoms with Crippen molar-refractivity contribution in [2.45, 2.75) is 37.8 Å². The minimum absolute atomic E-state index is 0.0164. The molecular formula is C34H35Cl2N3O5S. The fraction of sp³-hybridized carbons (Fsp3) is 0.235. The monoisotopic (exact) mass is 667 g/mol. The number of halogens is 2. The number of nitrogens with one attached hydrogen (secondary N) is 1. The van der Waals surface area contributed by atoms with E-state index in [1.807, 2.05) is 37.3 Å². The van der Waals surface area contributed by atoms with E-state index in [4.69, 9.17) is 27.9 Å². The molecule has 4 rings (SSSR count). The molecule has 0 aliphatic rings. The Morgan fingerprint density at radius 1 is 0.867 bits per heavy atom. The van der Waals surface area contributed by atoms with Crippen molar-refractivity contribution < 1.29 is 22.7 Å². The van der Waals surface area contributed by atoms with Crippen molar-refractivity contribution in [3.8, 4) is 5.75 Å². The number of hydrogen-bond acceptors (Lipinski definition) is 5. The van der Waals surface area contributed by atoms with Crippen LogP contribution < -0.4 is 14.4 Å². The lowest BCUT2D eigenvalue weighted by molar-refractivity contribution is -0.140. The van der Waals surface area contributed by atoms with Crippen molar-refractivity contribution in [1.82, 2.24) is 10.2 Å². The van der Waals surface area contributed by atoms with Gasteiger partial charge in [0.2, 0.25) is 11.8 Å². The average Bonchev–Trinajstić information content (AvgIpc) is 3.04. The number of carbonyl (C=O) groups is 2. The van der Waals surface area contributed by atoms with Gasteiger partial charge in [-0.15, -0.1) is 0 Å². The number of sulfonamides is 1. The smallest absolute Gasteiger partial charge is 0.264 e. The largest absolute Gasteiger partial charge is 0.497 e. The summed E-state index contributed by atoms with van der Waals surface area (Å²) in [6.07, 6.45) is 0.204. The van der Waals surface area contributed by atoms with Gasteiger partial charge in [-0.25, -0.2) is 8.42 Å². The lowest BCUT2D eigenvalue weighted by Crippen LogP contribution is -2.53. The van der Waals surface area contributed by atoms with E-state index in [-0.39, 0.29) is 23.8 Å². The third kappa shape index (κ3) is 8.57. The summed E-state index contributed by atoms with van der Waals surface area (Å²) in [5, 5.41) is 3.48. The Labute approximate surface area is 274 Å². The highest BCUT2D eigenvalue weighted by Gasteiger charge is 2.34. The Morgan fingerprint density at radius 2 is 1.53 bits per heavy atom. The van der Waals surface area contributed by atoms with Crippen molar-refractivity contribution in [3.05, 3.63) is 124 Å². The number of methoxy groups -OCH3 is 1. The summed E-state index contributed by atoms with van der Waals surface area (Å²) in [6, 6.07) is 26.1. The lowest BCUT2D eigenvalue weighted by atomic mass is 10.0. The molecule has 0 bridgehead atoms. The zero-order valence-electron chi connectivity index (χ0n) is 25.2. The molecule has 4 aromatic carbocycles. The van der Waals surface area contributed by atoms with E-state index >= 15 is 0 Å². The number of hydrogen-bond donors (Lipinski definition) is 1. The van der Waals surface area contributed by atoms with Gasteiger partial charge in [-0.1, -0.05) is 77.3 Å². The first-order valence-electron chi connectivity index (χ1n) is 14.3. The second-order valence-electron chi connectivity index (χ2n) is 10.4. The summed E-state index contributed by atoms with van der Waals surface area (Å²) in [6.45, 7) is 3.44. The van der Waals surface area contributed by atoms with E-state index in [9.17, 15) is 18.0 Å². The highest BCUT2D eigenvalue weighted by molar-refractivity contribution is 7.92. The second-order valence-corrected chi connectivity index (χ2v) is 13.1. The summed E-state index contributed by atoms with van der Waals surface area (Å²) in [4.78, 5) is 29.4. The van der Waals surface area contributed by atoms with Crippen LogP contribution in [-0.2, 0) is 32.6 Å². The van der Waals surface area contributed by atoms with E-state index in [0.717, 1.165) is 15.4 Å². The minimum atomic E-state index is -4.23. The minimum Gasteiger partial charge on any atom is -0.497 e. The number of likely N-dealkylation sites (N-methyl/N-ethyl adjacent to an activating group) is 1. The number of benzene rings is 4. The molecule has 0 saturated heterocycles. The maximum Gasteiger partial charge on any atom is 0.264 e. The number of ether oxygens (including phenoxy) is 1. The Morgan fingerprint density at radius 3 is 2.13 bits per heavy atom. The van der Waals surface area contributed by atoms with Crippen molar-refractivity contribution in [1.29, 1.82) is 0 Å². The SMILES string of the molecule is CCNC(=O)[C@@H](Cc1ccccc1)N(Cc1ccc(Cl)c(Cl)c1)C(=O)CN(c1ccc(C)cc1)S(=O)(=O)c1ccc(OC)cc1. The van der Waals surface area contributed by atoms with Crippen LogP contribution in [0, 0.1) is 6.92 Å². The first kappa shape index (κ1) is 33.8. The van der Waals surface area contributed by atoms with Gasteiger partial charge >= 0.3 is 0 Å². The van der Waals surface area contributed by atoms with E-state index in [1.165, 1.54) is 24.1 Å². The molecule has 0 saturated carbocycles. The molecule has 2 amide bonds. The van der Waals surface area contributed by atoms with Crippen LogP contribution >= 0.6 is 23.2 Å². The van der Waals surface area contributed by atoms with Gasteiger partial charge < -0.3 is 15.0 Å². The maximum absolute atomic E-state index is 14.4. The molecule has 4 aromatic rings. The molecule has 11 heteroatoms. The van der Waals surface area contributed by atoms with Gasteiger partial charge in [-0.2, -0.15) is 0 Å². The summed E-state index contributed by atoms with van der Waals surface area (Å²) >= 11 is 12.5. The fourth-order valence-electron chi connectivity index (χ4n) is 4.80. The standard InChI is InChI=1S/C34H35Cl2N3O5S/c1-4-37-34(41)32(21-25-8-6-5-7-9-25)38(22-26-12-19-30(35)31(36)20-26)33(40)23-39(27-13-10-24(2)11-14-27)45(42,43)29-17-15-28(44-3)16-18-29/h5-20,32H,4,21-23H2,1-3H3,(H,37,41)/t32-/m1/s1. The number of anilines is 1. The van der Waals surface area contributed by atoms with Crippen LogP contribution in [-0.4, -0.2) is 51.4 Å². The van der Waals surface area contributed by atoms with Crippen LogP contribution in [0.4, 0.5) is 5.69 Å². The number of aryl methyl sites for hydroxylation is 1. The quantitative estimate of drug-likeness (QED) is 0.181. The first-order chi connectivity index (χ1) is 21.5. The third-order valence-corrected chi connectivity index (χ3v) is 9.73. The molecule has 236 valence electrons. The van der Waals surface area contributed by atoms with Gasteiger partial charge in [-0.3, -0.25) is 13.9 Å². The van der Waals surface area contributed by atoms with Gasteiger partial charge in [0.25, 0.3) is 10.0 Å². The van der Waals surface area contributed by atoms with E-state index in [1.54, 1.807) is 61.5 Å². The summed E-state index contributed by atoms with van der Waals surface area (Å²) in [7, 11) is -2.74. The zero-order chi connectivity index (χ0) is 32.6. The van der Waals surface area contributed by atoms with E-state index in [0.29, 0.717) is 33.6 Å². The summed E-state index contributed by atoms with van der Waals surface area (Å²) < 4.78 is 34.5. The molecule has 0 fully saturated rings. The number of carbonyl (C=O) groups excluding carboxylic acids is 2. The number of rotatable bonds is 13. The molecule has 0 spiro atoms. The molecule has 0 aliphatic heterocycles. The fourth-order valence-corrected chi connectivity index (χ4v) is 6.53. The van der Waals surface area contributed by atoms with Crippen molar-refractivity contribution in [2.24, 2.45) is 0 Å². The third-order valence-electron chi connectivity index (χ3n) is 7.21. The zero-order valence-corrected chi connectivity index (χ0v) is 27.6. The van der Waals surface area contributed by atoms with Crippen LogP contribution in [0.1, 0.15) is 23.6 Å². The number of amides is 2. The highest BCUT2D eigenvalue weighted by Crippen LogP contribution is 2.28. The van der Waals surface area contributed by atoms with Crippen molar-refractivity contribution in [2.75, 3.05) is 24.5 Å². The van der Waals surface area contributed by atoms with Crippen LogP contribution in [0.15, 0.2) is 102 Å². The van der Waals surface area contributed by atoms with Gasteiger partial charge in [0.1, 0.15) is 18.3 Å². The molecule has 1 atom stereocenters. The second kappa shape index (κ2) is 15.3. The van der Waals surface area contributed by atoms with E-state index < -0.39 is 28.5 Å². The van der Waals surface area contributed by atoms with Crippen LogP contribution in [0.25, 0.3) is 0 Å². The van der Waals surface area contributed by atoms with Gasteiger partial charge in [0.15, 0.2) is 0 Å². The average molecular weight is 669 g/mol. The Bertz CT molecular complexity index is 1720. The topological polar surface area (TPSA) is 96.0 Å². The molecule has 45 heavy (non-hydrogen) atoms. The summed E-state index contributed by atoms with van der Waals surface area (Å²) in [5.41, 5.74) is 2.69. The van der Waals surface area contributed by atoms with Crippen LogP contribution in [0.3, 0.4) is 0 Å². The highest BCUT2D eigenvalue weighted by atomic mass is 35.5. The Kier molecular flexibility index (Phi) is 11.5. The summed E-state index contributed by atoms with van der Waals surface area (Å²) in [5.74, 6) is -0.453. The van der Waals surface area contributed by atoms with Gasteiger partial charge in [-0.05, 0) is 73.5 Å². The molecular weight excluding hydrogens is 633 g/mol. The normalized spacial score (nSPS) is 11.8. The van der Waals surface area contributed by atoms with Crippen molar-refractivity contribution >= 4 is 50.7 Å². The molecule has 1 N–H and O–H groups in total. The predicted octanol–water partition coefficient (Wildman–Crippen LogP) is 6.28. The van der Waals surface area contributed by atoms with Crippen LogP contribution in [0.5, 0.6) is 5.75 Å². The van der Waals surface area contributed by atoms with Crippen molar-refractivity contribution in [3.63, 3.8) is 0 Å². The first-order valence-corrected chi connectivity index (χ1v) is 16.5. The maximum atomic E-state index is 14.4.